The highest BCUT2D eigenvalue weighted by atomic mass is 28.3. The molecule has 0 aliphatic carbocycles. The van der Waals surface area contributed by atoms with Crippen molar-refractivity contribution in [2.45, 2.75) is 19.6 Å². The smallest absolute Gasteiger partial charge is 0.273 e. The Hall–Kier alpha value is -1.62. The lowest BCUT2D eigenvalue weighted by Gasteiger charge is -2.30. The summed E-state index contributed by atoms with van der Waals surface area (Å²) in [6.07, 6.45) is 0. The maximum Gasteiger partial charge on any atom is 0.273 e. The standard InChI is InChI=1S/C12H16N2O2Si/c1-16-13-11-9-7-5-6-8-10(9)14(12(11)15)17(2,3)4/h5-8H,1-4H3/b13-11+. The zero-order chi connectivity index (χ0) is 12.6. The topological polar surface area (TPSA) is 41.9 Å². The molecule has 0 saturated carbocycles. The number of fused-ring (bicyclic) bond motifs is 1. The Balaban J connectivity index is 2.61. The molecule has 1 aliphatic rings. The third kappa shape index (κ3) is 1.86. The van der Waals surface area contributed by atoms with Crippen LogP contribution in [0.15, 0.2) is 29.4 Å². The van der Waals surface area contributed by atoms with E-state index in [9.17, 15) is 4.79 Å². The third-order valence-corrected chi connectivity index (χ3v) is 4.44. The zero-order valence-electron chi connectivity index (χ0n) is 10.5. The molecule has 0 bridgehead atoms. The molecule has 1 aromatic carbocycles. The zero-order valence-corrected chi connectivity index (χ0v) is 11.5. The van der Waals surface area contributed by atoms with Crippen LogP contribution < -0.4 is 4.57 Å². The molecule has 0 atom stereocenters. The number of carbonyl (C=O) groups is 1. The molecule has 17 heavy (non-hydrogen) atoms. The molecule has 2 rings (SSSR count). The second-order valence-corrected chi connectivity index (χ2v) is 9.74. The molecule has 0 aromatic heterocycles. The van der Waals surface area contributed by atoms with Crippen LogP contribution in [0.1, 0.15) is 5.56 Å². The summed E-state index contributed by atoms with van der Waals surface area (Å²) >= 11 is 0. The van der Waals surface area contributed by atoms with Crippen molar-refractivity contribution >= 4 is 25.5 Å². The van der Waals surface area contributed by atoms with E-state index in [-0.39, 0.29) is 5.91 Å². The van der Waals surface area contributed by atoms with Crippen LogP contribution in [0.2, 0.25) is 19.6 Å². The Bertz CT molecular complexity index is 492. The fourth-order valence-electron chi connectivity index (χ4n) is 2.04. The van der Waals surface area contributed by atoms with Gasteiger partial charge in [0, 0.05) is 11.3 Å². The van der Waals surface area contributed by atoms with Gasteiger partial charge >= 0.3 is 0 Å². The number of hydrogen-bond donors (Lipinski definition) is 0. The van der Waals surface area contributed by atoms with Crippen molar-refractivity contribution in [3.05, 3.63) is 29.8 Å². The Morgan fingerprint density at radius 2 is 1.88 bits per heavy atom. The van der Waals surface area contributed by atoms with Crippen LogP contribution in [0.25, 0.3) is 0 Å². The maximum atomic E-state index is 12.3. The number of benzene rings is 1. The number of hydrogen-bond acceptors (Lipinski definition) is 3. The SMILES string of the molecule is CO/N=C1/C(=O)N([Si](C)(C)C)c2ccccc21. The summed E-state index contributed by atoms with van der Waals surface area (Å²) in [5.74, 6) is -0.0489. The fraction of sp³-hybridized carbons (Fsp3) is 0.333. The lowest BCUT2D eigenvalue weighted by molar-refractivity contribution is -0.111. The normalized spacial score (nSPS) is 17.5. The predicted molar refractivity (Wildman–Crippen MR) is 70.8 cm³/mol. The first-order chi connectivity index (χ1) is 7.96. The summed E-state index contributed by atoms with van der Waals surface area (Å²) in [7, 11) is -0.303. The lowest BCUT2D eigenvalue weighted by Crippen LogP contribution is -2.49. The summed E-state index contributed by atoms with van der Waals surface area (Å²) in [6, 6.07) is 7.72. The molecule has 0 unspecified atom stereocenters. The molecular weight excluding hydrogens is 232 g/mol. The Labute approximate surface area is 102 Å². The molecule has 1 heterocycles. The van der Waals surface area contributed by atoms with Crippen molar-refractivity contribution in [3.8, 4) is 0 Å². The van der Waals surface area contributed by atoms with Gasteiger partial charge in [0.05, 0.1) is 0 Å². The number of oxime groups is 1. The van der Waals surface area contributed by atoms with Crippen LogP contribution in [-0.4, -0.2) is 27.0 Å². The lowest BCUT2D eigenvalue weighted by atomic mass is 10.1. The molecule has 90 valence electrons. The highest BCUT2D eigenvalue weighted by Gasteiger charge is 2.41. The molecule has 5 heteroatoms. The van der Waals surface area contributed by atoms with Gasteiger partial charge < -0.3 is 9.40 Å². The van der Waals surface area contributed by atoms with Crippen LogP contribution >= 0.6 is 0 Å². The molecule has 4 nitrogen and oxygen atoms in total. The monoisotopic (exact) mass is 248 g/mol. The summed E-state index contributed by atoms with van der Waals surface area (Å²) < 4.78 is 1.89. The van der Waals surface area contributed by atoms with Gasteiger partial charge in [0.2, 0.25) is 0 Å². The Kier molecular flexibility index (Phi) is 2.78. The van der Waals surface area contributed by atoms with Gasteiger partial charge in [-0.25, -0.2) is 0 Å². The van der Waals surface area contributed by atoms with Gasteiger partial charge in [0.1, 0.15) is 7.11 Å². The number of para-hydroxylation sites is 1. The van der Waals surface area contributed by atoms with Gasteiger partial charge in [-0.1, -0.05) is 43.0 Å². The summed E-state index contributed by atoms with van der Waals surface area (Å²) in [5, 5.41) is 3.86. The van der Waals surface area contributed by atoms with E-state index in [1.807, 2.05) is 28.8 Å². The molecule has 0 spiro atoms. The van der Waals surface area contributed by atoms with Crippen molar-refractivity contribution < 1.29 is 9.63 Å². The molecule has 1 aromatic rings. The quantitative estimate of drug-likeness (QED) is 0.595. The average molecular weight is 248 g/mol. The van der Waals surface area contributed by atoms with Gasteiger partial charge in [-0.2, -0.15) is 0 Å². The minimum absolute atomic E-state index is 0.0489. The van der Waals surface area contributed by atoms with E-state index in [1.54, 1.807) is 0 Å². The first-order valence-electron chi connectivity index (χ1n) is 5.52. The highest BCUT2D eigenvalue weighted by molar-refractivity contribution is 6.87. The largest absolute Gasteiger partial charge is 0.398 e. The van der Waals surface area contributed by atoms with E-state index >= 15 is 0 Å². The van der Waals surface area contributed by atoms with Crippen LogP contribution in [0.3, 0.4) is 0 Å². The van der Waals surface area contributed by atoms with Crippen LogP contribution in [0.4, 0.5) is 5.69 Å². The Morgan fingerprint density at radius 1 is 1.24 bits per heavy atom. The van der Waals surface area contributed by atoms with E-state index in [4.69, 9.17) is 4.84 Å². The minimum Gasteiger partial charge on any atom is -0.398 e. The van der Waals surface area contributed by atoms with Gasteiger partial charge in [-0.3, -0.25) is 4.79 Å². The summed E-state index contributed by atoms with van der Waals surface area (Å²) in [4.78, 5) is 17.1. The number of rotatable bonds is 2. The molecule has 0 fully saturated rings. The van der Waals surface area contributed by atoms with Crippen LogP contribution in [0, 0.1) is 0 Å². The van der Waals surface area contributed by atoms with Gasteiger partial charge in [0.15, 0.2) is 13.9 Å². The number of carbonyl (C=O) groups excluding carboxylic acids is 1. The first kappa shape index (κ1) is 11.9. The molecule has 0 saturated heterocycles. The van der Waals surface area contributed by atoms with Gasteiger partial charge in [-0.15, -0.1) is 0 Å². The number of nitrogens with zero attached hydrogens (tertiary/aromatic N) is 2. The number of anilines is 1. The van der Waals surface area contributed by atoms with Crippen molar-refractivity contribution in [2.75, 3.05) is 11.7 Å². The fourth-order valence-corrected chi connectivity index (χ4v) is 3.68. The van der Waals surface area contributed by atoms with E-state index in [0.29, 0.717) is 5.71 Å². The van der Waals surface area contributed by atoms with Gasteiger partial charge in [-0.05, 0) is 6.07 Å². The predicted octanol–water partition coefficient (Wildman–Crippen LogP) is 2.22. The van der Waals surface area contributed by atoms with Crippen molar-refractivity contribution in [2.24, 2.45) is 5.16 Å². The average Bonchev–Trinajstić information content (AvgIpc) is 2.52. The summed E-state index contributed by atoms with van der Waals surface area (Å²) in [5.41, 5.74) is 2.22. The van der Waals surface area contributed by atoms with E-state index in [0.717, 1.165) is 11.3 Å². The van der Waals surface area contributed by atoms with E-state index in [2.05, 4.69) is 24.8 Å². The second-order valence-electron chi connectivity index (χ2n) is 4.95. The minimum atomic E-state index is -1.76. The summed E-state index contributed by atoms with van der Waals surface area (Å²) in [6.45, 7) is 6.41. The van der Waals surface area contributed by atoms with Crippen molar-refractivity contribution in [1.29, 1.82) is 0 Å². The van der Waals surface area contributed by atoms with Crippen LogP contribution in [-0.2, 0) is 9.63 Å². The second kappa shape index (κ2) is 3.99. The molecule has 0 N–H and O–H groups in total. The maximum absolute atomic E-state index is 12.3. The molecular formula is C12H16N2O2Si. The van der Waals surface area contributed by atoms with Crippen LogP contribution in [0.5, 0.6) is 0 Å². The molecule has 1 aliphatic heterocycles. The first-order valence-corrected chi connectivity index (χ1v) is 8.96. The van der Waals surface area contributed by atoms with Crippen molar-refractivity contribution in [3.63, 3.8) is 0 Å². The van der Waals surface area contributed by atoms with E-state index < -0.39 is 8.24 Å². The molecule has 1 amide bonds. The van der Waals surface area contributed by atoms with Gasteiger partial charge in [0.25, 0.3) is 5.91 Å². The van der Waals surface area contributed by atoms with E-state index in [1.165, 1.54) is 7.11 Å². The number of amides is 1. The highest BCUT2D eigenvalue weighted by Crippen LogP contribution is 2.33. The van der Waals surface area contributed by atoms with Crippen molar-refractivity contribution in [1.82, 2.24) is 0 Å². The Morgan fingerprint density at radius 3 is 2.47 bits per heavy atom. The molecule has 0 radical (unpaired) electrons. The third-order valence-electron chi connectivity index (χ3n) is 2.66.